The average Bonchev–Trinajstić information content (AvgIpc) is 1.98. The van der Waals surface area contributed by atoms with Crippen LogP contribution < -0.4 is 5.73 Å². The van der Waals surface area contributed by atoms with Gasteiger partial charge in [-0.3, -0.25) is 0 Å². The Hall–Kier alpha value is -0.160. The number of methoxy groups -OCH3 is 2. The van der Waals surface area contributed by atoms with Crippen LogP contribution in [0.25, 0.3) is 0 Å². The van der Waals surface area contributed by atoms with Gasteiger partial charge >= 0.3 is 0 Å². The van der Waals surface area contributed by atoms with Crippen LogP contribution in [0, 0.1) is 0 Å². The zero-order valence-electron chi connectivity index (χ0n) is 6.50. The highest BCUT2D eigenvalue weighted by Crippen LogP contribution is 1.81. The van der Waals surface area contributed by atoms with E-state index in [9.17, 15) is 0 Å². The van der Waals surface area contributed by atoms with Crippen LogP contribution >= 0.6 is 0 Å². The second-order valence-corrected chi connectivity index (χ2v) is 1.84. The fourth-order valence-electron chi connectivity index (χ4n) is 0.410. The molecular formula is C6H15NO3. The van der Waals surface area contributed by atoms with Crippen molar-refractivity contribution in [3.8, 4) is 0 Å². The summed E-state index contributed by atoms with van der Waals surface area (Å²) in [6.45, 7) is 1.57. The van der Waals surface area contributed by atoms with Gasteiger partial charge in [0.2, 0.25) is 0 Å². The summed E-state index contributed by atoms with van der Waals surface area (Å²) >= 11 is 0. The number of hydrogen-bond acceptors (Lipinski definition) is 4. The number of rotatable bonds is 6. The van der Waals surface area contributed by atoms with Crippen molar-refractivity contribution in [2.24, 2.45) is 5.73 Å². The average molecular weight is 149 g/mol. The minimum absolute atomic E-state index is 0.322. The van der Waals surface area contributed by atoms with Crippen LogP contribution in [0.1, 0.15) is 0 Å². The molecule has 10 heavy (non-hydrogen) atoms. The molecule has 4 nitrogen and oxygen atoms in total. The first-order valence-corrected chi connectivity index (χ1v) is 3.16. The lowest BCUT2D eigenvalue weighted by Gasteiger charge is -2.08. The Morgan fingerprint density at radius 3 is 2.50 bits per heavy atom. The minimum atomic E-state index is -0.322. The van der Waals surface area contributed by atoms with Crippen molar-refractivity contribution in [1.29, 1.82) is 0 Å². The van der Waals surface area contributed by atoms with Crippen LogP contribution in [0.15, 0.2) is 0 Å². The van der Waals surface area contributed by atoms with Crippen LogP contribution in [0.3, 0.4) is 0 Å². The molecule has 4 heteroatoms. The highest BCUT2D eigenvalue weighted by atomic mass is 16.5. The lowest BCUT2D eigenvalue weighted by atomic mass is 10.6. The van der Waals surface area contributed by atoms with Crippen LogP contribution in [0.2, 0.25) is 0 Å². The Morgan fingerprint density at radius 1 is 1.30 bits per heavy atom. The van der Waals surface area contributed by atoms with Crippen LogP contribution in [-0.2, 0) is 14.2 Å². The van der Waals surface area contributed by atoms with E-state index in [1.54, 1.807) is 14.2 Å². The molecule has 0 radical (unpaired) electrons. The van der Waals surface area contributed by atoms with Gasteiger partial charge in [0.25, 0.3) is 0 Å². The third kappa shape index (κ3) is 5.97. The van der Waals surface area contributed by atoms with E-state index < -0.39 is 0 Å². The van der Waals surface area contributed by atoms with Crippen molar-refractivity contribution >= 4 is 0 Å². The highest BCUT2D eigenvalue weighted by molar-refractivity contribution is 4.41. The molecule has 0 saturated heterocycles. The maximum absolute atomic E-state index is 5.37. The standard InChI is InChI=1S/C6H15NO3/c1-8-3-4-10-5-6(7)9-2/h6H,3-5,7H2,1-2H3. The van der Waals surface area contributed by atoms with E-state index in [-0.39, 0.29) is 6.23 Å². The van der Waals surface area contributed by atoms with Crippen molar-refractivity contribution in [2.45, 2.75) is 6.23 Å². The van der Waals surface area contributed by atoms with Gasteiger partial charge in [0.1, 0.15) is 6.23 Å². The van der Waals surface area contributed by atoms with Crippen molar-refractivity contribution < 1.29 is 14.2 Å². The number of hydrogen-bond donors (Lipinski definition) is 1. The molecule has 0 spiro atoms. The van der Waals surface area contributed by atoms with E-state index in [0.717, 1.165) is 0 Å². The summed E-state index contributed by atoms with van der Waals surface area (Å²) in [6, 6.07) is 0. The molecule has 2 N–H and O–H groups in total. The van der Waals surface area contributed by atoms with Crippen molar-refractivity contribution in [3.05, 3.63) is 0 Å². The van der Waals surface area contributed by atoms with E-state index in [2.05, 4.69) is 0 Å². The normalized spacial score (nSPS) is 13.5. The molecule has 0 aromatic carbocycles. The largest absolute Gasteiger partial charge is 0.382 e. The first kappa shape index (κ1) is 9.84. The third-order valence-corrected chi connectivity index (χ3v) is 1.02. The lowest BCUT2D eigenvalue weighted by molar-refractivity contribution is -0.00416. The van der Waals surface area contributed by atoms with Gasteiger partial charge in [-0.05, 0) is 0 Å². The highest BCUT2D eigenvalue weighted by Gasteiger charge is 1.97. The summed E-state index contributed by atoms with van der Waals surface area (Å²) < 4.78 is 14.5. The van der Waals surface area contributed by atoms with Gasteiger partial charge in [0, 0.05) is 14.2 Å². The summed E-state index contributed by atoms with van der Waals surface area (Å²) in [5.41, 5.74) is 5.37. The Bertz CT molecular complexity index is 70.0. The summed E-state index contributed by atoms with van der Waals surface area (Å²) in [5.74, 6) is 0. The molecule has 0 bridgehead atoms. The molecule has 0 amide bonds. The third-order valence-electron chi connectivity index (χ3n) is 1.02. The lowest BCUT2D eigenvalue weighted by Crippen LogP contribution is -2.28. The first-order valence-electron chi connectivity index (χ1n) is 3.16. The Labute approximate surface area is 61.2 Å². The van der Waals surface area contributed by atoms with E-state index in [4.69, 9.17) is 19.9 Å². The van der Waals surface area contributed by atoms with E-state index in [0.29, 0.717) is 19.8 Å². The molecule has 0 fully saturated rings. The van der Waals surface area contributed by atoms with Gasteiger partial charge in [0.15, 0.2) is 0 Å². The summed E-state index contributed by atoms with van der Waals surface area (Å²) in [6.07, 6.45) is -0.322. The monoisotopic (exact) mass is 149 g/mol. The zero-order valence-corrected chi connectivity index (χ0v) is 6.50. The molecule has 0 aromatic heterocycles. The molecule has 0 aromatic rings. The summed E-state index contributed by atoms with van der Waals surface area (Å²) in [5, 5.41) is 0. The number of nitrogens with two attached hydrogens (primary N) is 1. The fourth-order valence-corrected chi connectivity index (χ4v) is 0.410. The summed E-state index contributed by atoms with van der Waals surface area (Å²) in [7, 11) is 3.17. The Kier molecular flexibility index (Phi) is 6.84. The Morgan fingerprint density at radius 2 is 2.00 bits per heavy atom. The second kappa shape index (κ2) is 6.95. The Balaban J connectivity index is 2.89. The van der Waals surface area contributed by atoms with Crippen molar-refractivity contribution in [1.82, 2.24) is 0 Å². The van der Waals surface area contributed by atoms with Gasteiger partial charge < -0.3 is 19.9 Å². The van der Waals surface area contributed by atoms with Crippen LogP contribution in [0.4, 0.5) is 0 Å². The minimum Gasteiger partial charge on any atom is -0.382 e. The smallest absolute Gasteiger partial charge is 0.128 e. The van der Waals surface area contributed by atoms with Crippen molar-refractivity contribution in [2.75, 3.05) is 34.0 Å². The fraction of sp³-hybridized carbons (Fsp3) is 1.00. The molecule has 1 atom stereocenters. The van der Waals surface area contributed by atoms with E-state index in [1.807, 2.05) is 0 Å². The van der Waals surface area contributed by atoms with Gasteiger partial charge in [-0.25, -0.2) is 0 Å². The second-order valence-electron chi connectivity index (χ2n) is 1.84. The predicted molar refractivity (Wildman–Crippen MR) is 37.7 cm³/mol. The van der Waals surface area contributed by atoms with Gasteiger partial charge in [-0.1, -0.05) is 0 Å². The maximum Gasteiger partial charge on any atom is 0.128 e. The molecule has 62 valence electrons. The molecule has 0 aliphatic heterocycles. The van der Waals surface area contributed by atoms with E-state index >= 15 is 0 Å². The van der Waals surface area contributed by atoms with Crippen molar-refractivity contribution in [3.63, 3.8) is 0 Å². The van der Waals surface area contributed by atoms with E-state index in [1.165, 1.54) is 0 Å². The van der Waals surface area contributed by atoms with Gasteiger partial charge in [-0.15, -0.1) is 0 Å². The summed E-state index contributed by atoms with van der Waals surface area (Å²) in [4.78, 5) is 0. The molecule has 0 aliphatic carbocycles. The quantitative estimate of drug-likeness (QED) is 0.411. The SMILES string of the molecule is COCCOCC(N)OC. The zero-order chi connectivity index (χ0) is 7.82. The molecular weight excluding hydrogens is 134 g/mol. The maximum atomic E-state index is 5.37. The van der Waals surface area contributed by atoms with Gasteiger partial charge in [-0.2, -0.15) is 0 Å². The molecule has 0 aliphatic rings. The van der Waals surface area contributed by atoms with Crippen LogP contribution in [-0.4, -0.2) is 40.3 Å². The molecule has 0 heterocycles. The molecule has 0 saturated carbocycles. The molecule has 1 unspecified atom stereocenters. The first-order chi connectivity index (χ1) is 4.81. The van der Waals surface area contributed by atoms with Crippen LogP contribution in [0.5, 0.6) is 0 Å². The predicted octanol–water partition coefficient (Wildman–Crippen LogP) is -0.419. The number of ether oxygens (including phenoxy) is 3. The van der Waals surface area contributed by atoms with Gasteiger partial charge in [0.05, 0.1) is 19.8 Å². The molecule has 0 rings (SSSR count). The topological polar surface area (TPSA) is 53.7 Å².